The first-order chi connectivity index (χ1) is 59.7. The summed E-state index contributed by atoms with van der Waals surface area (Å²) in [6.45, 7) is 21.9. The van der Waals surface area contributed by atoms with Crippen LogP contribution in [-0.2, 0) is 109 Å². The Morgan fingerprint density at radius 1 is 0.516 bits per heavy atom. The molecule has 8 rings (SSSR count). The number of alkyl carbamates (subject to hydrolysis) is 1. The van der Waals surface area contributed by atoms with Crippen molar-refractivity contribution in [2.75, 3.05) is 118 Å². The van der Waals surface area contributed by atoms with Crippen LogP contribution in [0.3, 0.4) is 0 Å². The molecule has 8 N–H and O–H groups in total. The number of sulfonamides is 3. The van der Waals surface area contributed by atoms with Gasteiger partial charge >= 0.3 is 217 Å². The summed E-state index contributed by atoms with van der Waals surface area (Å²) in [7, 11) is -21.5. The van der Waals surface area contributed by atoms with Crippen molar-refractivity contribution in [1.29, 1.82) is 0 Å². The Morgan fingerprint density at radius 3 is 1.29 bits per heavy atom. The van der Waals surface area contributed by atoms with Crippen LogP contribution in [0.5, 0.6) is 34.5 Å². The van der Waals surface area contributed by atoms with Gasteiger partial charge in [0, 0.05) is 44.4 Å². The second kappa shape index (κ2) is 52.6. The molecule has 0 saturated carbocycles. The molecule has 6 aromatic carbocycles. The minimum absolute atomic E-state index is 0.0331. The van der Waals surface area contributed by atoms with E-state index in [9.17, 15) is 74.0 Å². The maximum absolute atomic E-state index is 14.0. The summed E-state index contributed by atoms with van der Waals surface area (Å²) in [6, 6.07) is 36.7. The van der Waals surface area contributed by atoms with E-state index in [4.69, 9.17) is 66.0 Å². The topological polar surface area (TPSA) is 469 Å². The summed E-state index contributed by atoms with van der Waals surface area (Å²) in [4.78, 5) is 16.8. The number of phenolic OH excluding ortho intramolecular Hbond substituents is 2. The van der Waals surface area contributed by atoms with Crippen molar-refractivity contribution in [3.63, 3.8) is 0 Å². The van der Waals surface area contributed by atoms with Gasteiger partial charge in [0.1, 0.15) is 6.10 Å². The molecule has 2 aliphatic rings. The Hall–Kier alpha value is -7.14. The van der Waals surface area contributed by atoms with Gasteiger partial charge in [-0.15, -0.1) is 0 Å². The molecule has 0 radical (unpaired) electrons. The third kappa shape index (κ3) is 34.0. The van der Waals surface area contributed by atoms with Crippen molar-refractivity contribution >= 4 is 72.2 Å². The van der Waals surface area contributed by atoms with Gasteiger partial charge in [0.2, 0.25) is 20.0 Å². The number of phenols is 2. The predicted molar refractivity (Wildman–Crippen MR) is 475 cm³/mol. The van der Waals surface area contributed by atoms with Crippen LogP contribution in [0.2, 0.25) is 0 Å². The number of carbonyl (C=O) groups is 1. The molecule has 2 heterocycles. The maximum atomic E-state index is 14.0. The molecular formula is C84H126BN6O29P3S3. The summed E-state index contributed by atoms with van der Waals surface area (Å²) in [6.07, 6.45) is -4.22. The Morgan fingerprint density at radius 2 is 0.889 bits per heavy atom. The van der Waals surface area contributed by atoms with Crippen LogP contribution in [0, 0.1) is 23.7 Å². The number of nitrogens with two attached hydrogens (primary N) is 1. The molecule has 0 aromatic heterocycles. The fourth-order valence-electron chi connectivity index (χ4n) is 13.3. The third-order valence-corrected chi connectivity index (χ3v) is 29.8. The molecule has 0 bridgehead atoms. The number of benzene rings is 6. The smallest absolute Gasteiger partial charge is 0.504 e. The van der Waals surface area contributed by atoms with Crippen molar-refractivity contribution in [3.05, 3.63) is 162 Å². The normalized spacial score (nSPS) is 16.6. The number of nitrogens with one attached hydrogen (secondary N) is 1. The quantitative estimate of drug-likeness (QED) is 0.0106. The van der Waals surface area contributed by atoms with Crippen LogP contribution in [0.15, 0.2) is 165 Å². The van der Waals surface area contributed by atoms with Gasteiger partial charge < -0.3 is 82.3 Å². The van der Waals surface area contributed by atoms with Crippen molar-refractivity contribution in [2.45, 2.75) is 172 Å². The Labute approximate surface area is 742 Å². The van der Waals surface area contributed by atoms with E-state index in [0.29, 0.717) is 33.0 Å². The average molecular weight is 1880 g/mol. The van der Waals surface area contributed by atoms with Gasteiger partial charge in [0.05, 0.1) is 93.9 Å². The van der Waals surface area contributed by atoms with E-state index < -0.39 is 127 Å². The molecule has 2 aliphatic heterocycles. The van der Waals surface area contributed by atoms with Gasteiger partial charge in [-0.2, -0.15) is 8.61 Å². The van der Waals surface area contributed by atoms with E-state index in [1.54, 1.807) is 41.5 Å². The number of amides is 1. The molecule has 2 fully saturated rings. The first-order valence-corrected chi connectivity index (χ1v) is 51.2. The number of nitrogens with zero attached hydrogens (tertiary/aromatic N) is 4. The number of ether oxygens (including phenoxy) is 7. The van der Waals surface area contributed by atoms with Crippen molar-refractivity contribution in [2.24, 2.45) is 34.4 Å². The molecule has 9 atom stereocenters. The number of hydrogen-bond acceptors (Lipinski definition) is 31. The zero-order valence-corrected chi connectivity index (χ0v) is 78.9. The van der Waals surface area contributed by atoms with Gasteiger partial charge in [-0.3, -0.25) is 13.7 Å². The van der Waals surface area contributed by atoms with Crippen LogP contribution >= 0.6 is 22.8 Å². The van der Waals surface area contributed by atoms with Crippen LogP contribution < -0.4 is 30.0 Å². The van der Waals surface area contributed by atoms with Crippen LogP contribution in [0.25, 0.3) is 0 Å². The number of aliphatic hydroxyl groups excluding tert-OH is 3. The third-order valence-electron chi connectivity index (χ3n) is 19.1. The summed E-state index contributed by atoms with van der Waals surface area (Å²) in [5.74, 6) is -1.20. The zero-order chi connectivity index (χ0) is 93.0. The van der Waals surface area contributed by atoms with E-state index >= 15 is 0 Å². The fourth-order valence-corrected chi connectivity index (χ4v) is 22.1. The van der Waals surface area contributed by atoms with E-state index in [2.05, 4.69) is 10.3 Å². The molecule has 126 heavy (non-hydrogen) atoms. The number of hydrogen-bond donors (Lipinski definition) is 7. The van der Waals surface area contributed by atoms with Crippen molar-refractivity contribution in [3.8, 4) is 34.5 Å². The van der Waals surface area contributed by atoms with Crippen molar-refractivity contribution < 1.29 is 134 Å². The SMILES string of the molecule is CCOP(=O)(COc1cc(S(=O)(=O)N(CC(C)C)C[C@@H](O)[C@@H](N)Cc2ccccc2)ccc1O)OCC.CCOP(=O)(COc1cc(S(=O)(=O)N(CC(C)C)C[C@@H](O)[C@H](Cc2ccccc2)N=CB=O)ccc1OC)OCC.CCOP(=O)(COc1cc(S(=O)(=O)N(CC(C)C)C[C@@H](O)[C@H](Cc2ccccc2)NC(=O)O[C@H]2CO[C@H]3OCC[C@H]32)ccc1O)OCC. The fraction of sp³-hybridized carbons (Fsp3) is 0.548. The predicted octanol–water partition coefficient (Wildman–Crippen LogP) is 11.7. The summed E-state index contributed by atoms with van der Waals surface area (Å²) in [5, 5.41) is 56.9. The molecule has 35 nitrogen and oxygen atoms in total. The number of carbonyl (C=O) groups excluding carboxylic acids is 1. The Bertz CT molecular complexity index is 4820. The van der Waals surface area contributed by atoms with Gasteiger partial charge in [-0.1, -0.05) is 88.4 Å². The van der Waals surface area contributed by atoms with E-state index in [1.807, 2.05) is 133 Å². The van der Waals surface area contributed by atoms with Gasteiger partial charge in [0.15, 0.2) is 42.0 Å². The number of aromatic hydroxyl groups is 2. The molecule has 6 aromatic rings. The molecule has 1 amide bonds. The Kier molecular flexibility index (Phi) is 45.0. The van der Waals surface area contributed by atoms with Crippen molar-refractivity contribution in [1.82, 2.24) is 18.2 Å². The molecule has 702 valence electrons. The van der Waals surface area contributed by atoms with Gasteiger partial charge in [-0.25, -0.2) is 21.6 Å². The molecular weight excluding hydrogens is 1760 g/mol. The number of aliphatic imine (C=N–C) groups is 1. The molecule has 0 aliphatic carbocycles. The standard InChI is InChI=1S/C32H47N2O12PS.C27H40BN2O9PS.C25H39N2O8PS/c1-5-44-47(38,45-6-2)21-43-29-17-24(12-13-27(29)35)48(39,40)34(18-22(3)4)19-28(36)26(16-23-10-8-7-9-11-23)33-32(37)46-30-20-42-31-25(30)14-15-41-31;1-6-38-40(33,39-7-2)20-37-27-16-23(13-14-26(27)36-5)41(34,35)30(17-21(3)4)18-25(31)24(29-19-28-32)15-22-11-9-8-10-12-22;1-5-34-36(30,35-6-2)18-33-25-15-21(12-13-23(25)28)37(31,32)27(16-19(3)4)17-24(29)22(26)14-20-10-8-7-9-11-20/h7-13,17,22,25-26,28,30-31,35-36H,5-6,14-16,18-21H2,1-4H3,(H,33,37);8-14,16,19,21,24-25,31H,6-7,15,17-18,20H2,1-5H3;7-13,15,19,22,24,28-29H,5-6,14,16-18,26H2,1-4H3/t25-,26-,28+,30-,31+;24-,25+;22-,24+/m000/s1. The van der Waals surface area contributed by atoms with E-state index in [-0.39, 0.29) is 165 Å². The number of aliphatic hydroxyl groups is 3. The minimum atomic E-state index is -4.29. The second-order valence-electron chi connectivity index (χ2n) is 30.5. The zero-order valence-electron chi connectivity index (χ0n) is 73.8. The summed E-state index contributed by atoms with van der Waals surface area (Å²) in [5.41, 5.74) is 8.83. The monoisotopic (exact) mass is 1880 g/mol. The average Bonchev–Trinajstić information content (AvgIpc) is 0.924. The van der Waals surface area contributed by atoms with E-state index in [1.165, 1.54) is 52.1 Å². The van der Waals surface area contributed by atoms with Gasteiger partial charge in [-0.05, 0) is 108 Å². The molecule has 42 heteroatoms. The first kappa shape index (κ1) is 108. The van der Waals surface area contributed by atoms with Gasteiger partial charge in [0.25, 0.3) is 0 Å². The Balaban J connectivity index is 0.000000295. The molecule has 0 unspecified atom stereocenters. The second-order valence-corrected chi connectivity index (χ2v) is 42.3. The van der Waals surface area contributed by atoms with E-state index in [0.717, 1.165) is 45.3 Å². The van der Waals surface area contributed by atoms with Crippen LogP contribution in [0.4, 0.5) is 4.79 Å². The number of fused-ring (bicyclic) bond motifs is 1. The van der Waals surface area contributed by atoms with Crippen LogP contribution in [0.1, 0.15) is 106 Å². The molecule has 2 saturated heterocycles. The van der Waals surface area contributed by atoms with Crippen LogP contribution in [-0.4, -0.2) is 250 Å². The number of rotatable bonds is 53. The minimum Gasteiger partial charge on any atom is -0.504 e. The first-order valence-electron chi connectivity index (χ1n) is 41.7. The number of methoxy groups -OCH3 is 1. The molecule has 0 spiro atoms. The summed E-state index contributed by atoms with van der Waals surface area (Å²) < 4.78 is 206. The summed E-state index contributed by atoms with van der Waals surface area (Å²) >= 11 is 0.